The summed E-state index contributed by atoms with van der Waals surface area (Å²) in [4.78, 5) is 23.3. The van der Waals surface area contributed by atoms with Crippen LogP contribution in [0, 0.1) is 0 Å². The van der Waals surface area contributed by atoms with Crippen molar-refractivity contribution in [3.8, 4) is 0 Å². The van der Waals surface area contributed by atoms with Crippen molar-refractivity contribution in [1.82, 2.24) is 0 Å². The summed E-state index contributed by atoms with van der Waals surface area (Å²) in [6.07, 6.45) is 3.04. The number of carbonyl (C=O) groups is 2. The summed E-state index contributed by atoms with van der Waals surface area (Å²) in [7, 11) is 1.39. The molecule has 0 fully saturated rings. The molecule has 0 saturated heterocycles. The molecule has 1 aromatic rings. The fraction of sp³-hybridized carbons (Fsp3) is 0.143. The van der Waals surface area contributed by atoms with Crippen molar-refractivity contribution in [2.45, 2.75) is 6.42 Å². The maximum atomic E-state index is 11.9. The van der Waals surface area contributed by atoms with Gasteiger partial charge < -0.3 is 4.74 Å². The molecule has 3 nitrogen and oxygen atoms in total. The molecule has 1 aromatic carbocycles. The Balaban J connectivity index is 2.22. The number of carbonyl (C=O) groups excluding carboxylic acids is 2. The highest BCUT2D eigenvalue weighted by Crippen LogP contribution is 2.17. The quantitative estimate of drug-likeness (QED) is 0.741. The topological polar surface area (TPSA) is 43.4 Å². The van der Waals surface area contributed by atoms with Crippen molar-refractivity contribution >= 4 is 11.6 Å². The number of methoxy groups -OCH3 is 1. The lowest BCUT2D eigenvalue weighted by Gasteiger charge is -2.12. The summed E-state index contributed by atoms with van der Waals surface area (Å²) < 4.78 is 4.89. The second-order valence-corrected chi connectivity index (χ2v) is 3.78. The minimum absolute atomic E-state index is 0.114. The van der Waals surface area contributed by atoms with E-state index in [-0.39, 0.29) is 17.3 Å². The Hall–Kier alpha value is -2.16. The number of hydrogen-bond acceptors (Lipinski definition) is 3. The van der Waals surface area contributed by atoms with Crippen LogP contribution < -0.4 is 0 Å². The Bertz CT molecular complexity index is 510. The molecule has 0 spiro atoms. The van der Waals surface area contributed by atoms with Gasteiger partial charge in [-0.05, 0) is 11.6 Å². The van der Waals surface area contributed by atoms with Crippen LogP contribution in [-0.4, -0.2) is 18.7 Å². The molecule has 17 heavy (non-hydrogen) atoms. The third-order valence-electron chi connectivity index (χ3n) is 2.56. The maximum Gasteiger partial charge on any atom is 0.224 e. The molecule has 1 aliphatic rings. The van der Waals surface area contributed by atoms with Crippen LogP contribution in [0.25, 0.3) is 0 Å². The SMILES string of the molecule is COC1=CC(=O)C=C(Cc2ccccc2)C1=O. The Morgan fingerprint density at radius 3 is 2.41 bits per heavy atom. The van der Waals surface area contributed by atoms with E-state index in [1.807, 2.05) is 30.3 Å². The zero-order valence-electron chi connectivity index (χ0n) is 9.47. The molecule has 2 rings (SSSR count). The molecular formula is C14H12O3. The molecule has 0 aliphatic heterocycles. The zero-order chi connectivity index (χ0) is 12.3. The number of benzene rings is 1. The van der Waals surface area contributed by atoms with E-state index in [1.54, 1.807) is 0 Å². The van der Waals surface area contributed by atoms with Crippen molar-refractivity contribution < 1.29 is 14.3 Å². The standard InChI is InChI=1S/C14H12O3/c1-17-13-9-12(15)8-11(14(13)16)7-10-5-3-2-4-6-10/h2-6,8-9H,7H2,1H3. The summed E-state index contributed by atoms with van der Waals surface area (Å²) >= 11 is 0. The highest BCUT2D eigenvalue weighted by atomic mass is 16.5. The highest BCUT2D eigenvalue weighted by Gasteiger charge is 2.22. The van der Waals surface area contributed by atoms with Crippen LogP contribution in [0.2, 0.25) is 0 Å². The van der Waals surface area contributed by atoms with Gasteiger partial charge in [0.25, 0.3) is 0 Å². The van der Waals surface area contributed by atoms with Gasteiger partial charge in [-0.2, -0.15) is 0 Å². The molecule has 86 valence electrons. The van der Waals surface area contributed by atoms with Crippen LogP contribution in [0.15, 0.2) is 53.8 Å². The van der Waals surface area contributed by atoms with E-state index in [2.05, 4.69) is 0 Å². The summed E-state index contributed by atoms with van der Waals surface area (Å²) in [5.41, 5.74) is 1.47. The van der Waals surface area contributed by atoms with Crippen LogP contribution in [0.3, 0.4) is 0 Å². The minimum atomic E-state index is -0.212. The van der Waals surface area contributed by atoms with Gasteiger partial charge in [0.2, 0.25) is 5.78 Å². The molecule has 1 aliphatic carbocycles. The van der Waals surface area contributed by atoms with Gasteiger partial charge in [0, 0.05) is 18.1 Å². The molecule has 0 radical (unpaired) electrons. The van der Waals surface area contributed by atoms with Gasteiger partial charge in [0.15, 0.2) is 11.5 Å². The van der Waals surface area contributed by atoms with Crippen LogP contribution >= 0.6 is 0 Å². The van der Waals surface area contributed by atoms with Gasteiger partial charge >= 0.3 is 0 Å². The van der Waals surface area contributed by atoms with E-state index in [0.29, 0.717) is 12.0 Å². The van der Waals surface area contributed by atoms with E-state index in [9.17, 15) is 9.59 Å². The molecule has 3 heteroatoms. The predicted octanol–water partition coefficient (Wildman–Crippen LogP) is 1.84. The molecule has 0 N–H and O–H groups in total. The van der Waals surface area contributed by atoms with Crippen LogP contribution in [-0.2, 0) is 20.7 Å². The van der Waals surface area contributed by atoms with Gasteiger partial charge in [-0.3, -0.25) is 9.59 Å². The molecule has 0 saturated carbocycles. The van der Waals surface area contributed by atoms with E-state index in [4.69, 9.17) is 4.74 Å². The van der Waals surface area contributed by atoms with Crippen LogP contribution in [0.5, 0.6) is 0 Å². The summed E-state index contributed by atoms with van der Waals surface area (Å²) in [6, 6.07) is 9.55. The Morgan fingerprint density at radius 1 is 1.06 bits per heavy atom. The first-order valence-corrected chi connectivity index (χ1v) is 5.29. The predicted molar refractivity (Wildman–Crippen MR) is 63.3 cm³/mol. The van der Waals surface area contributed by atoms with Crippen molar-refractivity contribution in [3.63, 3.8) is 0 Å². The summed E-state index contributed by atoms with van der Waals surface area (Å²) in [5, 5.41) is 0. The Kier molecular flexibility index (Phi) is 3.19. The number of Topliss-reactive ketones (excluding diaryl/α,β-unsaturated/α-hetero) is 1. The summed E-state index contributed by atoms with van der Waals surface area (Å²) in [6.45, 7) is 0. The molecular weight excluding hydrogens is 216 g/mol. The van der Waals surface area contributed by atoms with Crippen molar-refractivity contribution in [2.24, 2.45) is 0 Å². The first-order chi connectivity index (χ1) is 8.20. The van der Waals surface area contributed by atoms with E-state index < -0.39 is 0 Å². The van der Waals surface area contributed by atoms with Crippen LogP contribution in [0.1, 0.15) is 5.56 Å². The first kappa shape index (κ1) is 11.3. The number of ether oxygens (including phenoxy) is 1. The zero-order valence-corrected chi connectivity index (χ0v) is 9.47. The van der Waals surface area contributed by atoms with Crippen molar-refractivity contribution in [1.29, 1.82) is 0 Å². The Morgan fingerprint density at radius 2 is 1.76 bits per heavy atom. The molecule has 0 atom stereocenters. The first-order valence-electron chi connectivity index (χ1n) is 5.29. The van der Waals surface area contributed by atoms with Gasteiger partial charge in [0.1, 0.15) is 0 Å². The third-order valence-corrected chi connectivity index (χ3v) is 2.56. The molecule has 0 bridgehead atoms. The van der Waals surface area contributed by atoms with E-state index >= 15 is 0 Å². The third kappa shape index (κ3) is 2.50. The smallest absolute Gasteiger partial charge is 0.224 e. The number of rotatable bonds is 3. The monoisotopic (exact) mass is 228 g/mol. The second kappa shape index (κ2) is 4.78. The lowest BCUT2D eigenvalue weighted by Crippen LogP contribution is -2.17. The van der Waals surface area contributed by atoms with E-state index in [0.717, 1.165) is 5.56 Å². The summed E-state index contributed by atoms with van der Waals surface area (Å²) in [5.74, 6) is -0.299. The molecule has 0 aromatic heterocycles. The van der Waals surface area contributed by atoms with Gasteiger partial charge in [-0.15, -0.1) is 0 Å². The lowest BCUT2D eigenvalue weighted by atomic mass is 9.95. The average Bonchev–Trinajstić information content (AvgIpc) is 2.34. The van der Waals surface area contributed by atoms with Crippen molar-refractivity contribution in [2.75, 3.05) is 7.11 Å². The van der Waals surface area contributed by atoms with Gasteiger partial charge in [-0.1, -0.05) is 30.3 Å². The second-order valence-electron chi connectivity index (χ2n) is 3.78. The fourth-order valence-electron chi connectivity index (χ4n) is 1.73. The average molecular weight is 228 g/mol. The normalized spacial score (nSPS) is 15.4. The maximum absolute atomic E-state index is 11.9. The lowest BCUT2D eigenvalue weighted by molar-refractivity contribution is -0.117. The fourth-order valence-corrected chi connectivity index (χ4v) is 1.73. The van der Waals surface area contributed by atoms with Gasteiger partial charge in [0.05, 0.1) is 7.11 Å². The highest BCUT2D eigenvalue weighted by molar-refractivity contribution is 6.19. The van der Waals surface area contributed by atoms with E-state index in [1.165, 1.54) is 19.3 Å². The molecule has 0 amide bonds. The number of ketones is 2. The Labute approximate surface area is 99.4 Å². The number of allylic oxidation sites excluding steroid dienone is 3. The van der Waals surface area contributed by atoms with Crippen molar-refractivity contribution in [3.05, 3.63) is 59.4 Å². The molecule has 0 unspecified atom stereocenters. The largest absolute Gasteiger partial charge is 0.493 e. The molecule has 0 heterocycles. The van der Waals surface area contributed by atoms with Gasteiger partial charge in [-0.25, -0.2) is 0 Å². The van der Waals surface area contributed by atoms with Crippen LogP contribution in [0.4, 0.5) is 0 Å². The minimum Gasteiger partial charge on any atom is -0.493 e. The number of hydrogen-bond donors (Lipinski definition) is 0.